The normalized spacial score (nSPS) is 17.4. The minimum absolute atomic E-state index is 0.132. The molecule has 4 rings (SSSR count). The van der Waals surface area contributed by atoms with Crippen LogP contribution in [0.5, 0.6) is 0 Å². The number of nitrogens with one attached hydrogen (secondary N) is 1. The second-order valence-corrected chi connectivity index (χ2v) is 7.50. The van der Waals surface area contributed by atoms with Crippen LogP contribution in [0.15, 0.2) is 46.6 Å². The van der Waals surface area contributed by atoms with Crippen LogP contribution in [0, 0.1) is 0 Å². The summed E-state index contributed by atoms with van der Waals surface area (Å²) in [5.41, 5.74) is 1.38. The first-order chi connectivity index (χ1) is 13.0. The Morgan fingerprint density at radius 2 is 2.00 bits per heavy atom. The summed E-state index contributed by atoms with van der Waals surface area (Å²) >= 11 is 1.34. The number of likely N-dealkylation sites (tertiary alicyclic amines) is 1. The number of carbonyl (C=O) groups excluding carboxylic acids is 2. The zero-order chi connectivity index (χ0) is 19.0. The molecule has 27 heavy (non-hydrogen) atoms. The number of nitrogens with zero attached hydrogens (tertiary/aromatic N) is 3. The van der Waals surface area contributed by atoms with Gasteiger partial charge < -0.3 is 4.98 Å². The molecule has 1 aliphatic heterocycles. The molecular weight excluding hydrogens is 364 g/mol. The quantitative estimate of drug-likeness (QED) is 0.680. The highest BCUT2D eigenvalue weighted by atomic mass is 32.1. The Labute approximate surface area is 159 Å². The molecule has 0 radical (unpaired) electrons. The van der Waals surface area contributed by atoms with Gasteiger partial charge in [0.05, 0.1) is 31.1 Å². The van der Waals surface area contributed by atoms with Crippen molar-refractivity contribution in [3.8, 4) is 0 Å². The number of benzene rings is 1. The number of carbonyl (C=O) groups is 2. The Kier molecular flexibility index (Phi) is 4.59. The maximum atomic E-state index is 12.8. The summed E-state index contributed by atoms with van der Waals surface area (Å²) in [5.74, 6) is 0.0795. The summed E-state index contributed by atoms with van der Waals surface area (Å²) < 4.78 is 0.586. The van der Waals surface area contributed by atoms with E-state index >= 15 is 0 Å². The Hall–Kier alpha value is -2.84. The van der Waals surface area contributed by atoms with Crippen LogP contribution in [0.2, 0.25) is 0 Å². The molecular formula is C19H18N4O3S. The van der Waals surface area contributed by atoms with Gasteiger partial charge in [-0.2, -0.15) is 0 Å². The fraction of sp³-hybridized carbons (Fsp3) is 0.263. The van der Waals surface area contributed by atoms with Crippen LogP contribution in [0.4, 0.5) is 0 Å². The highest BCUT2D eigenvalue weighted by Crippen LogP contribution is 2.21. The number of imide groups is 1. The molecule has 138 valence electrons. The number of fused-ring (bicyclic) bond motifs is 1. The molecule has 3 aromatic rings. The van der Waals surface area contributed by atoms with Crippen molar-refractivity contribution in [2.24, 2.45) is 0 Å². The lowest BCUT2D eigenvalue weighted by Gasteiger charge is -2.22. The lowest BCUT2D eigenvalue weighted by atomic mass is 10.2. The van der Waals surface area contributed by atoms with Crippen molar-refractivity contribution >= 4 is 33.4 Å². The topological polar surface area (TPSA) is 86.4 Å². The standard InChI is InChI=1S/C19H18N4O3S/c1-22(11-15-20-13-7-8-27-17(13)18(25)21-15)14-9-16(24)23(19(14)26)10-12-5-3-2-4-6-12/h2-8,14H,9-11H2,1H3,(H,20,21,25)/t14-/m0/s1. The summed E-state index contributed by atoms with van der Waals surface area (Å²) in [6.07, 6.45) is 0.132. The molecule has 1 saturated heterocycles. The molecule has 0 aliphatic carbocycles. The van der Waals surface area contributed by atoms with Crippen LogP contribution >= 0.6 is 11.3 Å². The maximum Gasteiger partial charge on any atom is 0.268 e. The summed E-state index contributed by atoms with van der Waals surface area (Å²) in [7, 11) is 1.76. The third-order valence-corrected chi connectivity index (χ3v) is 5.60. The Morgan fingerprint density at radius 1 is 1.22 bits per heavy atom. The molecule has 2 amide bonds. The zero-order valence-electron chi connectivity index (χ0n) is 14.7. The van der Waals surface area contributed by atoms with Gasteiger partial charge in [-0.25, -0.2) is 4.98 Å². The molecule has 0 unspecified atom stereocenters. The van der Waals surface area contributed by atoms with E-state index in [0.29, 0.717) is 16.0 Å². The fourth-order valence-electron chi connectivity index (χ4n) is 3.29. The monoisotopic (exact) mass is 382 g/mol. The van der Waals surface area contributed by atoms with Gasteiger partial charge in [-0.05, 0) is 24.1 Å². The number of H-pyrrole nitrogens is 1. The zero-order valence-corrected chi connectivity index (χ0v) is 15.5. The van der Waals surface area contributed by atoms with E-state index in [9.17, 15) is 14.4 Å². The number of aromatic nitrogens is 2. The first kappa shape index (κ1) is 17.6. The molecule has 1 N–H and O–H groups in total. The predicted octanol–water partition coefficient (Wildman–Crippen LogP) is 1.74. The van der Waals surface area contributed by atoms with Crippen LogP contribution in [0.3, 0.4) is 0 Å². The first-order valence-corrected chi connectivity index (χ1v) is 9.45. The van der Waals surface area contributed by atoms with Crippen molar-refractivity contribution in [2.75, 3.05) is 7.05 Å². The molecule has 7 nitrogen and oxygen atoms in total. The van der Waals surface area contributed by atoms with E-state index in [1.54, 1.807) is 18.0 Å². The molecule has 0 saturated carbocycles. The van der Waals surface area contributed by atoms with Gasteiger partial charge in [0.1, 0.15) is 10.5 Å². The smallest absolute Gasteiger partial charge is 0.268 e. The number of hydrogen-bond donors (Lipinski definition) is 1. The van der Waals surface area contributed by atoms with Gasteiger partial charge in [0.25, 0.3) is 5.56 Å². The fourth-order valence-corrected chi connectivity index (χ4v) is 4.01. The number of likely N-dealkylation sites (N-methyl/N-ethyl adjacent to an activating group) is 1. The Morgan fingerprint density at radius 3 is 2.78 bits per heavy atom. The van der Waals surface area contributed by atoms with Crippen molar-refractivity contribution in [1.82, 2.24) is 19.8 Å². The SMILES string of the molecule is CN(Cc1nc2ccsc2c(=O)[nH]1)[C@H]1CC(=O)N(Cc2ccccc2)C1=O. The Bertz CT molecular complexity index is 1060. The van der Waals surface area contributed by atoms with Gasteiger partial charge >= 0.3 is 0 Å². The summed E-state index contributed by atoms with van der Waals surface area (Å²) in [4.78, 5) is 47.5. The van der Waals surface area contributed by atoms with Gasteiger partial charge in [-0.1, -0.05) is 30.3 Å². The number of hydrogen-bond acceptors (Lipinski definition) is 6. The van der Waals surface area contributed by atoms with Crippen LogP contribution < -0.4 is 5.56 Å². The largest absolute Gasteiger partial charge is 0.308 e. The average molecular weight is 382 g/mol. The van der Waals surface area contributed by atoms with Gasteiger partial charge in [0, 0.05) is 0 Å². The van der Waals surface area contributed by atoms with E-state index in [1.807, 2.05) is 35.7 Å². The molecule has 1 aromatic carbocycles. The lowest BCUT2D eigenvalue weighted by Crippen LogP contribution is -2.39. The third kappa shape index (κ3) is 3.41. The number of aromatic amines is 1. The lowest BCUT2D eigenvalue weighted by molar-refractivity contribution is -0.140. The van der Waals surface area contributed by atoms with Crippen LogP contribution in [-0.2, 0) is 22.7 Å². The molecule has 8 heteroatoms. The van der Waals surface area contributed by atoms with Crippen molar-refractivity contribution < 1.29 is 9.59 Å². The molecule has 0 bridgehead atoms. The second-order valence-electron chi connectivity index (χ2n) is 6.59. The van der Waals surface area contributed by atoms with Crippen molar-refractivity contribution in [3.63, 3.8) is 0 Å². The highest BCUT2D eigenvalue weighted by molar-refractivity contribution is 7.17. The van der Waals surface area contributed by atoms with Crippen molar-refractivity contribution in [3.05, 3.63) is 63.5 Å². The minimum Gasteiger partial charge on any atom is -0.308 e. The Balaban J connectivity index is 1.50. The van der Waals surface area contributed by atoms with Crippen molar-refractivity contribution in [2.45, 2.75) is 25.6 Å². The summed E-state index contributed by atoms with van der Waals surface area (Å²) in [6.45, 7) is 0.558. The van der Waals surface area contributed by atoms with E-state index in [4.69, 9.17) is 0 Å². The summed E-state index contributed by atoms with van der Waals surface area (Å²) in [6, 6.07) is 10.7. The molecule has 1 aliphatic rings. The van der Waals surface area contributed by atoms with Crippen LogP contribution in [-0.4, -0.2) is 44.7 Å². The van der Waals surface area contributed by atoms with E-state index in [2.05, 4.69) is 9.97 Å². The van der Waals surface area contributed by atoms with E-state index in [1.165, 1.54) is 16.2 Å². The molecule has 1 atom stereocenters. The van der Waals surface area contributed by atoms with E-state index in [0.717, 1.165) is 5.56 Å². The van der Waals surface area contributed by atoms with Crippen LogP contribution in [0.25, 0.3) is 10.2 Å². The predicted molar refractivity (Wildman–Crippen MR) is 102 cm³/mol. The number of thiophene rings is 1. The van der Waals surface area contributed by atoms with Gasteiger partial charge in [-0.15, -0.1) is 11.3 Å². The van der Waals surface area contributed by atoms with E-state index < -0.39 is 6.04 Å². The van der Waals surface area contributed by atoms with Gasteiger partial charge in [-0.3, -0.25) is 24.2 Å². The van der Waals surface area contributed by atoms with Crippen molar-refractivity contribution in [1.29, 1.82) is 0 Å². The molecule has 0 spiro atoms. The average Bonchev–Trinajstić information content (AvgIpc) is 3.23. The third-order valence-electron chi connectivity index (χ3n) is 4.70. The number of amides is 2. The molecule has 1 fully saturated rings. The highest BCUT2D eigenvalue weighted by Gasteiger charge is 2.40. The second kappa shape index (κ2) is 7.05. The van der Waals surface area contributed by atoms with Gasteiger partial charge in [0.15, 0.2) is 0 Å². The minimum atomic E-state index is -0.551. The maximum absolute atomic E-state index is 12.8. The molecule has 3 heterocycles. The van der Waals surface area contributed by atoms with Crippen LogP contribution in [0.1, 0.15) is 17.8 Å². The molecule has 2 aromatic heterocycles. The number of rotatable bonds is 5. The van der Waals surface area contributed by atoms with Gasteiger partial charge in [0.2, 0.25) is 11.8 Å². The van der Waals surface area contributed by atoms with E-state index in [-0.39, 0.29) is 36.9 Å². The summed E-state index contributed by atoms with van der Waals surface area (Å²) in [5, 5.41) is 1.82. The first-order valence-electron chi connectivity index (χ1n) is 8.57.